The Hall–Kier alpha value is -2.38. The van der Waals surface area contributed by atoms with Gasteiger partial charge in [0, 0.05) is 18.7 Å². The molecule has 6 nitrogen and oxygen atoms in total. The summed E-state index contributed by atoms with van der Waals surface area (Å²) < 4.78 is 30.0. The lowest BCUT2D eigenvalue weighted by Crippen LogP contribution is -2.18. The smallest absolute Gasteiger partial charge is 0.225 e. The summed E-state index contributed by atoms with van der Waals surface area (Å²) >= 11 is 0. The fraction of sp³-hybridized carbons (Fsp3) is 0.278. The Kier molecular flexibility index (Phi) is 6.55. The van der Waals surface area contributed by atoms with Crippen LogP contribution in [0.5, 0.6) is 11.5 Å². The van der Waals surface area contributed by atoms with E-state index >= 15 is 0 Å². The molecule has 0 unspecified atom stereocenters. The fourth-order valence-corrected chi connectivity index (χ4v) is 3.16. The van der Waals surface area contributed by atoms with Crippen molar-refractivity contribution >= 4 is 21.4 Å². The van der Waals surface area contributed by atoms with Crippen molar-refractivity contribution in [3.63, 3.8) is 0 Å². The van der Waals surface area contributed by atoms with E-state index in [2.05, 4.69) is 10.6 Å². The number of carbonyl (C=O) groups excluding carboxylic acids is 1. The predicted octanol–water partition coefficient (Wildman–Crippen LogP) is 2.82. The Labute approximate surface area is 148 Å². The van der Waals surface area contributed by atoms with Gasteiger partial charge in [0.25, 0.3) is 0 Å². The first kappa shape index (κ1) is 19.0. The molecule has 2 aromatic rings. The van der Waals surface area contributed by atoms with Crippen LogP contribution in [0, 0.1) is 0 Å². The molecule has 2 rings (SSSR count). The van der Waals surface area contributed by atoms with Crippen LogP contribution in [0.2, 0.25) is 0 Å². The highest BCUT2D eigenvalue weighted by Gasteiger charge is 2.17. The Morgan fingerprint density at radius 1 is 1.08 bits per heavy atom. The van der Waals surface area contributed by atoms with E-state index in [4.69, 9.17) is 4.74 Å². The molecule has 0 spiro atoms. The van der Waals surface area contributed by atoms with Crippen LogP contribution >= 0.6 is 0 Å². The second kappa shape index (κ2) is 8.64. The van der Waals surface area contributed by atoms with Crippen LogP contribution in [0.1, 0.15) is 13.3 Å². The minimum absolute atomic E-state index is 0.00492. The third-order valence-corrected chi connectivity index (χ3v) is 5.30. The van der Waals surface area contributed by atoms with E-state index in [0.717, 1.165) is 0 Å². The lowest BCUT2D eigenvalue weighted by Gasteiger charge is -2.11. The molecule has 0 saturated carbocycles. The molecule has 7 heteroatoms. The van der Waals surface area contributed by atoms with Crippen molar-refractivity contribution in [1.82, 2.24) is 5.32 Å². The van der Waals surface area contributed by atoms with Crippen LogP contribution in [-0.2, 0) is 14.6 Å². The van der Waals surface area contributed by atoms with Crippen molar-refractivity contribution in [2.24, 2.45) is 0 Å². The van der Waals surface area contributed by atoms with Gasteiger partial charge >= 0.3 is 0 Å². The third-order valence-electron chi connectivity index (χ3n) is 3.53. The van der Waals surface area contributed by atoms with Crippen LogP contribution in [-0.4, -0.2) is 33.7 Å². The van der Waals surface area contributed by atoms with Crippen molar-refractivity contribution in [3.05, 3.63) is 48.5 Å². The average Bonchev–Trinajstić information content (AvgIpc) is 2.62. The highest BCUT2D eigenvalue weighted by Crippen LogP contribution is 2.29. The van der Waals surface area contributed by atoms with Gasteiger partial charge in [0.05, 0.1) is 5.75 Å². The molecule has 0 atom stereocenters. The number of hydrogen-bond donors (Lipinski definition) is 2. The van der Waals surface area contributed by atoms with Crippen molar-refractivity contribution in [2.45, 2.75) is 18.2 Å². The van der Waals surface area contributed by atoms with Gasteiger partial charge in [-0.1, -0.05) is 19.1 Å². The first-order chi connectivity index (χ1) is 12.0. The SMILES string of the molecule is CCS(=O)(=O)c1ccccc1Oc1ccc(NC(=O)CCNC)cc1. The second-order valence-corrected chi connectivity index (χ2v) is 7.62. The maximum atomic E-state index is 12.1. The lowest BCUT2D eigenvalue weighted by molar-refractivity contribution is -0.116. The zero-order valence-corrected chi connectivity index (χ0v) is 15.1. The van der Waals surface area contributed by atoms with Crippen LogP contribution in [0.3, 0.4) is 0 Å². The topological polar surface area (TPSA) is 84.5 Å². The minimum Gasteiger partial charge on any atom is -0.456 e. The monoisotopic (exact) mass is 362 g/mol. The minimum atomic E-state index is -3.37. The molecule has 0 aliphatic carbocycles. The summed E-state index contributed by atoms with van der Waals surface area (Å²) in [7, 11) is -1.58. The molecule has 0 heterocycles. The van der Waals surface area contributed by atoms with Gasteiger partial charge in [0.1, 0.15) is 16.4 Å². The van der Waals surface area contributed by atoms with E-state index in [1.165, 1.54) is 6.07 Å². The summed E-state index contributed by atoms with van der Waals surface area (Å²) in [5.41, 5.74) is 0.655. The van der Waals surface area contributed by atoms with Gasteiger partial charge in [0.15, 0.2) is 9.84 Å². The molecule has 1 amide bonds. The average molecular weight is 362 g/mol. The Morgan fingerprint density at radius 3 is 2.40 bits per heavy atom. The Morgan fingerprint density at radius 2 is 1.76 bits per heavy atom. The first-order valence-electron chi connectivity index (χ1n) is 8.00. The summed E-state index contributed by atoms with van der Waals surface area (Å²) in [6.45, 7) is 2.20. The van der Waals surface area contributed by atoms with Gasteiger partial charge in [0.2, 0.25) is 5.91 Å². The maximum Gasteiger partial charge on any atom is 0.225 e. The summed E-state index contributed by atoms with van der Waals surface area (Å²) in [4.78, 5) is 11.9. The molecular formula is C18H22N2O4S. The molecular weight excluding hydrogens is 340 g/mol. The third kappa shape index (κ3) is 5.30. The molecule has 134 valence electrons. The van der Waals surface area contributed by atoms with E-state index in [1.54, 1.807) is 56.4 Å². The number of nitrogens with one attached hydrogen (secondary N) is 2. The lowest BCUT2D eigenvalue weighted by atomic mass is 10.3. The molecule has 25 heavy (non-hydrogen) atoms. The normalized spacial score (nSPS) is 11.1. The molecule has 2 N–H and O–H groups in total. The molecule has 2 aromatic carbocycles. The number of para-hydroxylation sites is 1. The van der Waals surface area contributed by atoms with Gasteiger partial charge in [-0.25, -0.2) is 8.42 Å². The van der Waals surface area contributed by atoms with Gasteiger partial charge in [-0.2, -0.15) is 0 Å². The summed E-state index contributed by atoms with van der Waals surface area (Å²) in [6.07, 6.45) is 0.386. The van der Waals surface area contributed by atoms with Crippen LogP contribution in [0.15, 0.2) is 53.4 Å². The van der Waals surface area contributed by atoms with Crippen molar-refractivity contribution < 1.29 is 17.9 Å². The largest absolute Gasteiger partial charge is 0.456 e. The van der Waals surface area contributed by atoms with Crippen LogP contribution < -0.4 is 15.4 Å². The number of sulfone groups is 1. The molecule has 0 fully saturated rings. The van der Waals surface area contributed by atoms with Crippen molar-refractivity contribution in [1.29, 1.82) is 0 Å². The van der Waals surface area contributed by atoms with E-state index < -0.39 is 9.84 Å². The molecule has 0 bridgehead atoms. The van der Waals surface area contributed by atoms with Gasteiger partial charge in [-0.05, 0) is 43.4 Å². The molecule has 0 aliphatic rings. The van der Waals surface area contributed by atoms with E-state index in [-0.39, 0.29) is 22.3 Å². The highest BCUT2D eigenvalue weighted by atomic mass is 32.2. The van der Waals surface area contributed by atoms with Gasteiger partial charge in [-0.3, -0.25) is 4.79 Å². The number of carbonyl (C=O) groups is 1. The van der Waals surface area contributed by atoms with Gasteiger partial charge in [-0.15, -0.1) is 0 Å². The standard InChI is InChI=1S/C18H22N2O4S/c1-3-25(22,23)17-7-5-4-6-16(17)24-15-10-8-14(9-11-15)20-18(21)12-13-19-2/h4-11,19H,3,12-13H2,1-2H3,(H,20,21). The van der Waals surface area contributed by atoms with Crippen LogP contribution in [0.25, 0.3) is 0 Å². The predicted molar refractivity (Wildman–Crippen MR) is 97.9 cm³/mol. The number of amides is 1. The van der Waals surface area contributed by atoms with E-state index in [0.29, 0.717) is 24.4 Å². The molecule has 0 radical (unpaired) electrons. The zero-order chi connectivity index (χ0) is 18.3. The Balaban J connectivity index is 2.11. The van der Waals surface area contributed by atoms with E-state index in [1.807, 2.05) is 0 Å². The maximum absolute atomic E-state index is 12.1. The quantitative estimate of drug-likeness (QED) is 0.754. The molecule has 0 aromatic heterocycles. The number of hydrogen-bond acceptors (Lipinski definition) is 5. The zero-order valence-electron chi connectivity index (χ0n) is 14.3. The van der Waals surface area contributed by atoms with Crippen molar-refractivity contribution in [2.75, 3.05) is 24.7 Å². The Bertz CT molecular complexity index is 817. The number of ether oxygens (including phenoxy) is 1. The van der Waals surface area contributed by atoms with Crippen molar-refractivity contribution in [3.8, 4) is 11.5 Å². The summed E-state index contributed by atoms with van der Waals surface area (Å²) in [5.74, 6) is 0.704. The molecule has 0 saturated heterocycles. The van der Waals surface area contributed by atoms with E-state index in [9.17, 15) is 13.2 Å². The number of anilines is 1. The molecule has 0 aliphatic heterocycles. The van der Waals surface area contributed by atoms with Gasteiger partial charge < -0.3 is 15.4 Å². The first-order valence-corrected chi connectivity index (χ1v) is 9.65. The summed E-state index contributed by atoms with van der Waals surface area (Å²) in [6, 6.07) is 13.3. The second-order valence-electron chi connectivity index (χ2n) is 5.38. The highest BCUT2D eigenvalue weighted by molar-refractivity contribution is 7.91. The number of benzene rings is 2. The fourth-order valence-electron chi connectivity index (χ4n) is 2.14. The summed E-state index contributed by atoms with van der Waals surface area (Å²) in [5, 5.41) is 5.70. The van der Waals surface area contributed by atoms with Crippen LogP contribution in [0.4, 0.5) is 5.69 Å². The number of rotatable bonds is 8.